The van der Waals surface area contributed by atoms with Gasteiger partial charge in [0.15, 0.2) is 0 Å². The third kappa shape index (κ3) is 9.55. The van der Waals surface area contributed by atoms with Crippen molar-refractivity contribution >= 4 is 31.9 Å². The summed E-state index contributed by atoms with van der Waals surface area (Å²) in [5.41, 5.74) is 6.44. The highest BCUT2D eigenvalue weighted by Gasteiger charge is 2.36. The Balaban J connectivity index is 1.19. The number of aromatic nitrogens is 6. The van der Waals surface area contributed by atoms with E-state index in [2.05, 4.69) is 133 Å². The first kappa shape index (κ1) is 49.1. The minimum Gasteiger partial charge on any atom is -0.505 e. The largest absolute Gasteiger partial charge is 0.505 e. The summed E-state index contributed by atoms with van der Waals surface area (Å²) in [5.74, 6) is 0.108. The van der Waals surface area contributed by atoms with Gasteiger partial charge in [-0.15, -0.1) is 30.0 Å². The molecule has 0 radical (unpaired) electrons. The summed E-state index contributed by atoms with van der Waals surface area (Å²) in [6.45, 7) is 30.6. The molecule has 0 saturated heterocycles. The fourth-order valence-corrected chi connectivity index (χ4v) is 11.9. The lowest BCUT2D eigenvalue weighted by Crippen LogP contribution is -2.27. The van der Waals surface area contributed by atoms with Crippen LogP contribution in [-0.2, 0) is 31.5 Å². The van der Waals surface area contributed by atoms with Crippen LogP contribution in [0, 0.1) is 10.8 Å². The molecule has 6 aromatic carbocycles. The van der Waals surface area contributed by atoms with Crippen LogP contribution in [0.5, 0.6) is 11.5 Å². The van der Waals surface area contributed by atoms with E-state index in [9.17, 15) is 18.6 Å². The summed E-state index contributed by atoms with van der Waals surface area (Å²) < 4.78 is 29.0. The van der Waals surface area contributed by atoms with Crippen molar-refractivity contribution in [3.63, 3.8) is 0 Å². The van der Waals surface area contributed by atoms with Crippen molar-refractivity contribution in [3.8, 4) is 22.9 Å². The molecule has 8 rings (SSSR count). The molecule has 0 atom stereocenters. The number of hydrogen-bond donors (Lipinski definition) is 2. The molecule has 0 saturated carbocycles. The van der Waals surface area contributed by atoms with Crippen LogP contribution in [0.4, 0.5) is 0 Å². The van der Waals surface area contributed by atoms with E-state index in [1.165, 1.54) is 33.9 Å². The highest BCUT2D eigenvalue weighted by Crippen LogP contribution is 2.47. The van der Waals surface area contributed by atoms with Crippen molar-refractivity contribution < 1.29 is 18.6 Å². The van der Waals surface area contributed by atoms with Gasteiger partial charge in [-0.1, -0.05) is 170 Å². The number of rotatable bonds is 12. The number of aromatic hydroxyl groups is 2. The molecular formula is C58H68N6O4S. The Morgan fingerprint density at radius 3 is 1.09 bits per heavy atom. The van der Waals surface area contributed by atoms with Gasteiger partial charge in [-0.25, -0.2) is 8.42 Å². The van der Waals surface area contributed by atoms with E-state index in [1.54, 1.807) is 12.1 Å². The number of phenolic OH excluding ortho intramolecular Hbond substituents is 2. The molecule has 0 aliphatic carbocycles. The summed E-state index contributed by atoms with van der Waals surface area (Å²) in [7, 11) is -4.10. The zero-order valence-electron chi connectivity index (χ0n) is 42.8. The van der Waals surface area contributed by atoms with Crippen LogP contribution in [-0.4, -0.2) is 48.6 Å². The molecule has 10 nitrogen and oxygen atoms in total. The van der Waals surface area contributed by atoms with E-state index in [0.717, 1.165) is 46.2 Å². The van der Waals surface area contributed by atoms with Gasteiger partial charge >= 0.3 is 0 Å². The minimum absolute atomic E-state index is 0.0283. The molecule has 8 aromatic rings. The molecule has 0 amide bonds. The number of fused-ring (bicyclic) bond motifs is 2. The van der Waals surface area contributed by atoms with Crippen molar-refractivity contribution in [2.24, 2.45) is 10.8 Å². The van der Waals surface area contributed by atoms with Crippen LogP contribution in [0.25, 0.3) is 33.4 Å². The predicted octanol–water partition coefficient (Wildman–Crippen LogP) is 13.5. The van der Waals surface area contributed by atoms with Crippen LogP contribution >= 0.6 is 0 Å². The SMILES string of the molecule is CC(C)(C)CC(C)(C)c1cc(-n2nc3ccc(S(=O)(=O)c4ccc5nn(-c6cc(C(C)(C)CC(C)(C)C)cc(C(C)(C)c7ccccc7)c6O)nc5c4)cc3n2)c(O)c(C(C)(C)c2ccccc2)c1. The average molecular weight is 945 g/mol. The zero-order valence-corrected chi connectivity index (χ0v) is 43.6. The second kappa shape index (κ2) is 17.0. The van der Waals surface area contributed by atoms with Gasteiger partial charge in [-0.3, -0.25) is 0 Å². The molecule has 0 fully saturated rings. The highest BCUT2D eigenvalue weighted by molar-refractivity contribution is 7.91. The molecule has 2 heterocycles. The fraction of sp³-hybridized carbons (Fsp3) is 0.379. The fourth-order valence-electron chi connectivity index (χ4n) is 10.6. The monoisotopic (exact) mass is 945 g/mol. The van der Waals surface area contributed by atoms with E-state index in [1.807, 2.05) is 48.5 Å². The number of phenols is 2. The Labute approximate surface area is 408 Å². The quantitative estimate of drug-likeness (QED) is 0.124. The van der Waals surface area contributed by atoms with Gasteiger partial charge in [0, 0.05) is 22.0 Å². The average Bonchev–Trinajstić information content (AvgIpc) is 3.89. The lowest BCUT2D eigenvalue weighted by Gasteiger charge is -2.35. The summed E-state index contributed by atoms with van der Waals surface area (Å²) in [6.07, 6.45) is 1.76. The van der Waals surface area contributed by atoms with Gasteiger partial charge < -0.3 is 10.2 Å². The van der Waals surface area contributed by atoms with E-state index < -0.39 is 20.7 Å². The number of sulfone groups is 1. The maximum Gasteiger partial charge on any atom is 0.206 e. The van der Waals surface area contributed by atoms with E-state index >= 15 is 0 Å². The molecule has 0 aliphatic rings. The Hall–Kier alpha value is -6.33. The van der Waals surface area contributed by atoms with Gasteiger partial charge in [0.2, 0.25) is 9.84 Å². The lowest BCUT2D eigenvalue weighted by molar-refractivity contribution is 0.283. The molecular weight excluding hydrogens is 877 g/mol. The van der Waals surface area contributed by atoms with Crippen LogP contribution in [0.2, 0.25) is 0 Å². The third-order valence-corrected chi connectivity index (χ3v) is 15.5. The first-order valence-electron chi connectivity index (χ1n) is 23.9. The van der Waals surface area contributed by atoms with Crippen LogP contribution in [0.1, 0.15) is 143 Å². The Morgan fingerprint density at radius 1 is 0.420 bits per heavy atom. The lowest BCUT2D eigenvalue weighted by atomic mass is 9.70. The normalized spacial score (nSPS) is 13.4. The summed E-state index contributed by atoms with van der Waals surface area (Å²) in [5, 5.41) is 43.6. The first-order chi connectivity index (χ1) is 32.0. The first-order valence-corrected chi connectivity index (χ1v) is 25.3. The van der Waals surface area contributed by atoms with Crippen molar-refractivity contribution in [1.29, 1.82) is 0 Å². The number of hydrogen-bond acceptors (Lipinski definition) is 8. The van der Waals surface area contributed by atoms with Gasteiger partial charge in [-0.2, -0.15) is 0 Å². The second-order valence-electron chi connectivity index (χ2n) is 23.8. The Bertz CT molecular complexity index is 3120. The molecule has 11 heteroatoms. The van der Waals surface area contributed by atoms with Gasteiger partial charge in [0.25, 0.3) is 0 Å². The van der Waals surface area contributed by atoms with E-state index in [0.29, 0.717) is 33.4 Å². The van der Waals surface area contributed by atoms with Crippen LogP contribution in [0.3, 0.4) is 0 Å². The van der Waals surface area contributed by atoms with Crippen molar-refractivity contribution in [3.05, 3.63) is 155 Å². The summed E-state index contributed by atoms with van der Waals surface area (Å²) in [4.78, 5) is 2.90. The second-order valence-corrected chi connectivity index (χ2v) is 25.7. The zero-order chi connectivity index (χ0) is 50.3. The van der Waals surface area contributed by atoms with Crippen molar-refractivity contribution in [2.75, 3.05) is 0 Å². The number of nitrogens with zero attached hydrogens (tertiary/aromatic N) is 6. The molecule has 0 unspecified atom stereocenters. The topological polar surface area (TPSA) is 136 Å². The third-order valence-electron chi connectivity index (χ3n) is 13.8. The van der Waals surface area contributed by atoms with Crippen LogP contribution < -0.4 is 0 Å². The van der Waals surface area contributed by atoms with Crippen molar-refractivity contribution in [1.82, 2.24) is 30.0 Å². The summed E-state index contributed by atoms with van der Waals surface area (Å²) in [6, 6.07) is 37.8. The smallest absolute Gasteiger partial charge is 0.206 e. The maximum atomic E-state index is 14.5. The Morgan fingerprint density at radius 2 is 0.754 bits per heavy atom. The molecule has 69 heavy (non-hydrogen) atoms. The molecule has 360 valence electrons. The molecule has 2 aromatic heterocycles. The van der Waals surface area contributed by atoms with Crippen LogP contribution in [0.15, 0.2) is 131 Å². The predicted molar refractivity (Wildman–Crippen MR) is 278 cm³/mol. The van der Waals surface area contributed by atoms with Gasteiger partial charge in [0.05, 0.1) is 9.79 Å². The molecule has 0 aliphatic heterocycles. The van der Waals surface area contributed by atoms with Gasteiger partial charge in [0.1, 0.15) is 44.9 Å². The molecule has 2 N–H and O–H groups in total. The standard InChI is InChI=1S/C58H68N6O4S/c1-53(2,3)35-55(7,8)39-29-43(57(11,12)37-21-17-15-18-22-37)51(65)49(31-39)63-59-45-27-25-41(33-47(45)61-63)69(67,68)42-26-28-46-48(34-42)62-64(60-46)50-32-40(56(9,10)36-54(4,5)6)30-44(52(50)66)58(13,14)38-23-19-16-20-24-38/h15-34,65-66H,35-36H2,1-14H3. The summed E-state index contributed by atoms with van der Waals surface area (Å²) >= 11 is 0. The minimum atomic E-state index is -4.10. The Kier molecular flexibility index (Phi) is 12.1. The van der Waals surface area contributed by atoms with Gasteiger partial charge in [-0.05, 0) is 105 Å². The molecule has 0 spiro atoms. The van der Waals surface area contributed by atoms with E-state index in [4.69, 9.17) is 20.4 Å². The maximum absolute atomic E-state index is 14.5. The van der Waals surface area contributed by atoms with E-state index in [-0.39, 0.29) is 42.9 Å². The molecule has 0 bridgehead atoms. The van der Waals surface area contributed by atoms with Crippen molar-refractivity contribution in [2.45, 2.75) is 141 Å². The number of benzene rings is 6. The highest BCUT2D eigenvalue weighted by atomic mass is 32.2.